The summed E-state index contributed by atoms with van der Waals surface area (Å²) in [5.74, 6) is 0. The fourth-order valence-corrected chi connectivity index (χ4v) is 0. The molecule has 0 heterocycles. The van der Waals surface area contributed by atoms with Gasteiger partial charge in [0.15, 0.2) is 0 Å². The largest absolute Gasteiger partial charge is 1.00 e. The first-order valence-corrected chi connectivity index (χ1v) is 3.01. The maximum absolute atomic E-state index is 11.1. The van der Waals surface area contributed by atoms with Crippen molar-refractivity contribution < 1.29 is 48.5 Å². The van der Waals surface area contributed by atoms with Crippen molar-refractivity contribution in [2.45, 2.75) is 6.18 Å². The number of halogens is 4. The maximum atomic E-state index is 11.1. The van der Waals surface area contributed by atoms with Gasteiger partial charge in [-0.1, -0.05) is 0 Å². The molecule has 0 fully saturated rings. The molecule has 0 amide bonds. The molecule has 0 aliphatic carbocycles. The van der Waals surface area contributed by atoms with Gasteiger partial charge in [-0.15, -0.1) is 0 Å². The second-order valence-corrected chi connectivity index (χ2v) is 2.89. The summed E-state index contributed by atoms with van der Waals surface area (Å²) in [5, 5.41) is 0. The van der Waals surface area contributed by atoms with Crippen molar-refractivity contribution in [3.8, 4) is 0 Å². The smallest absolute Gasteiger partial charge is 1.00 e. The molecule has 44 valence electrons. The van der Waals surface area contributed by atoms with Crippen molar-refractivity contribution in [1.82, 2.24) is 0 Å². The van der Waals surface area contributed by atoms with Crippen LogP contribution in [0.2, 0.25) is 0 Å². The molecule has 0 aromatic rings. The summed E-state index contributed by atoms with van der Waals surface area (Å²) in [4.78, 5) is 0. The van der Waals surface area contributed by atoms with Crippen molar-refractivity contribution in [3.05, 3.63) is 10.7 Å². The van der Waals surface area contributed by atoms with Gasteiger partial charge in [-0.2, -0.15) is 0 Å². The number of hydrogen-bond donors (Lipinski definition) is 0. The first-order valence-electron chi connectivity index (χ1n) is 1.52. The molecular formula is C3H2BrF3Zn. The first-order chi connectivity index (χ1) is 2.94. The Labute approximate surface area is 65.6 Å². The summed E-state index contributed by atoms with van der Waals surface area (Å²) in [7, 11) is 0. The van der Waals surface area contributed by atoms with E-state index in [0.717, 1.165) is 0 Å². The third-order valence-electron chi connectivity index (χ3n) is 0.401. The van der Waals surface area contributed by atoms with Crippen molar-refractivity contribution >= 4 is 0 Å². The molecule has 0 aliphatic heterocycles. The van der Waals surface area contributed by atoms with Crippen LogP contribution in [0.5, 0.6) is 0 Å². The Morgan fingerprint density at radius 3 is 1.50 bits per heavy atom. The molecule has 0 aromatic heterocycles. The third-order valence-corrected chi connectivity index (χ3v) is 1.24. The van der Waals surface area contributed by atoms with E-state index in [0.29, 0.717) is 0 Å². The summed E-state index contributed by atoms with van der Waals surface area (Å²) in [6.07, 6.45) is -4.14. The van der Waals surface area contributed by atoms with E-state index in [1.54, 1.807) is 0 Å². The van der Waals surface area contributed by atoms with Gasteiger partial charge >= 0.3 is 48.4 Å². The number of hydrogen-bond acceptors (Lipinski definition) is 0. The second kappa shape index (κ2) is 3.62. The van der Waals surface area contributed by atoms with E-state index in [2.05, 4.69) is 6.58 Å². The van der Waals surface area contributed by atoms with Crippen LogP contribution in [0.25, 0.3) is 0 Å². The van der Waals surface area contributed by atoms with E-state index < -0.39 is 10.3 Å². The normalized spacial score (nSPS) is 10.1. The Morgan fingerprint density at radius 1 is 1.38 bits per heavy atom. The van der Waals surface area contributed by atoms with E-state index in [9.17, 15) is 13.2 Å². The second-order valence-electron chi connectivity index (χ2n) is 1.10. The monoisotopic (exact) mass is 238 g/mol. The van der Waals surface area contributed by atoms with Gasteiger partial charge in [0.1, 0.15) is 0 Å². The van der Waals surface area contributed by atoms with Crippen LogP contribution in [0.4, 0.5) is 13.2 Å². The standard InChI is InChI=1S/C3H2F3.BrH.Zn/c1-2-3(4,5)6;;/h1H2;1H;/q;;+1/p-1. The zero-order valence-corrected chi connectivity index (χ0v) is 8.48. The molecule has 0 rings (SSSR count). The van der Waals surface area contributed by atoms with Crippen LogP contribution in [0.1, 0.15) is 0 Å². The Kier molecular flexibility index (Phi) is 5.17. The molecule has 0 N–H and O–H groups in total. The summed E-state index contributed by atoms with van der Waals surface area (Å²) < 4.78 is 32.7. The molecule has 0 radical (unpaired) electrons. The quantitative estimate of drug-likeness (QED) is 0.458. The van der Waals surface area contributed by atoms with Gasteiger partial charge in [0.05, 0.1) is 0 Å². The van der Waals surface area contributed by atoms with E-state index in [-0.39, 0.29) is 35.3 Å². The van der Waals surface area contributed by atoms with E-state index >= 15 is 0 Å². The molecule has 0 unspecified atom stereocenters. The van der Waals surface area contributed by atoms with Crippen LogP contribution in [-0.4, -0.2) is 6.18 Å². The van der Waals surface area contributed by atoms with Gasteiger partial charge in [0.25, 0.3) is 0 Å². The van der Waals surface area contributed by atoms with E-state index in [1.807, 2.05) is 0 Å². The van der Waals surface area contributed by atoms with E-state index in [4.69, 9.17) is 0 Å². The number of rotatable bonds is 0. The molecule has 8 heavy (non-hydrogen) atoms. The predicted octanol–water partition coefficient (Wildman–Crippen LogP) is -1.39. The van der Waals surface area contributed by atoms with Gasteiger partial charge in [-0.25, -0.2) is 0 Å². The molecular weight excluding hydrogens is 238 g/mol. The van der Waals surface area contributed by atoms with Crippen LogP contribution in [-0.2, 0) is 18.3 Å². The Morgan fingerprint density at radius 2 is 1.50 bits per heavy atom. The molecule has 0 saturated carbocycles. The minimum atomic E-state index is -4.14. The van der Waals surface area contributed by atoms with Crippen LogP contribution >= 0.6 is 0 Å². The van der Waals surface area contributed by atoms with Gasteiger partial charge in [0.2, 0.25) is 0 Å². The molecule has 0 bridgehead atoms. The average Bonchev–Trinajstić information content (AvgIpc) is 1.31. The van der Waals surface area contributed by atoms with Crippen LogP contribution in [0.15, 0.2) is 10.7 Å². The van der Waals surface area contributed by atoms with Gasteiger partial charge < -0.3 is 17.0 Å². The van der Waals surface area contributed by atoms with Crippen molar-refractivity contribution in [2.75, 3.05) is 0 Å². The minimum absolute atomic E-state index is 0. The van der Waals surface area contributed by atoms with Crippen molar-refractivity contribution in [2.24, 2.45) is 0 Å². The number of allylic oxidation sites excluding steroid dienone is 1. The molecule has 5 heteroatoms. The maximum Gasteiger partial charge on any atom is -1.00 e. The van der Waals surface area contributed by atoms with Crippen LogP contribution in [0.3, 0.4) is 0 Å². The predicted molar refractivity (Wildman–Crippen MR) is 15.2 cm³/mol. The first kappa shape index (κ1) is 11.4. The van der Waals surface area contributed by atoms with Gasteiger partial charge in [0, 0.05) is 0 Å². The van der Waals surface area contributed by atoms with Crippen molar-refractivity contribution in [3.63, 3.8) is 0 Å². The zero-order chi connectivity index (χ0) is 6.08. The van der Waals surface area contributed by atoms with Crippen LogP contribution in [0, 0.1) is 0 Å². The molecule has 0 atom stereocenters. The van der Waals surface area contributed by atoms with Crippen LogP contribution < -0.4 is 17.0 Å². The molecule has 0 spiro atoms. The third kappa shape index (κ3) is 4.78. The summed E-state index contributed by atoms with van der Waals surface area (Å²) in [5.41, 5.74) is 0. The van der Waals surface area contributed by atoms with Crippen molar-refractivity contribution in [1.29, 1.82) is 0 Å². The zero-order valence-electron chi connectivity index (χ0n) is 3.93. The Balaban J connectivity index is 0. The number of alkyl halides is 3. The molecule has 0 aliphatic rings. The fourth-order valence-electron chi connectivity index (χ4n) is 0. The molecule has 0 aromatic carbocycles. The van der Waals surface area contributed by atoms with E-state index in [1.165, 1.54) is 0 Å². The van der Waals surface area contributed by atoms with Gasteiger partial charge in [-0.3, -0.25) is 0 Å². The fraction of sp³-hybridized carbons (Fsp3) is 0.333. The SMILES string of the molecule is C=[C]([Zn+])C(F)(F)F.[Br-]. The molecule has 0 nitrogen and oxygen atoms in total. The van der Waals surface area contributed by atoms with Gasteiger partial charge in [-0.05, 0) is 0 Å². The summed E-state index contributed by atoms with van der Waals surface area (Å²) in [6, 6.07) is 0. The topological polar surface area (TPSA) is 0 Å². The summed E-state index contributed by atoms with van der Waals surface area (Å²) >= 11 is 0.101. The molecule has 0 saturated heterocycles. The average molecular weight is 240 g/mol. The Hall–Kier alpha value is 0.633. The minimum Gasteiger partial charge on any atom is -1.00 e. The summed E-state index contributed by atoms with van der Waals surface area (Å²) in [6.45, 7) is 2.76. The Bertz CT molecular complexity index is 87.0.